The normalized spacial score (nSPS) is 10.9. The number of hydrogen-bond acceptors (Lipinski definition) is 4. The van der Waals surface area contributed by atoms with E-state index < -0.39 is 5.97 Å². The van der Waals surface area contributed by atoms with Crippen LogP contribution in [0, 0.1) is 0 Å². The molecule has 0 unspecified atom stereocenters. The Balaban J connectivity index is 1.86. The van der Waals surface area contributed by atoms with Crippen LogP contribution in [0.4, 0.5) is 5.69 Å². The SMILES string of the molecule is CCNCC=c1ccc(=C(c2ccc(N(CC)CC)cc2)c2cc3ccc(C(=O)O)cc3s2)cc1. The molecule has 3 aromatic carbocycles. The van der Waals surface area contributed by atoms with E-state index in [2.05, 4.69) is 91.7 Å². The van der Waals surface area contributed by atoms with Gasteiger partial charge >= 0.3 is 5.97 Å². The molecule has 4 rings (SSSR count). The monoisotopic (exact) mass is 484 g/mol. The van der Waals surface area contributed by atoms with Gasteiger partial charge in [0, 0.05) is 40.5 Å². The number of thiophene rings is 1. The molecule has 0 aliphatic heterocycles. The summed E-state index contributed by atoms with van der Waals surface area (Å²) in [5.74, 6) is -0.901. The highest BCUT2D eigenvalue weighted by molar-refractivity contribution is 7.20. The molecular weight excluding hydrogens is 452 g/mol. The number of carboxylic acid groups (broad SMARTS) is 1. The third-order valence-corrected chi connectivity index (χ3v) is 7.34. The maximum atomic E-state index is 11.5. The molecule has 0 amide bonds. The van der Waals surface area contributed by atoms with E-state index in [9.17, 15) is 9.90 Å². The highest BCUT2D eigenvalue weighted by Crippen LogP contribution is 2.34. The van der Waals surface area contributed by atoms with Gasteiger partial charge in [0.15, 0.2) is 0 Å². The Kier molecular flexibility index (Phi) is 8.01. The van der Waals surface area contributed by atoms with Crippen LogP contribution in [-0.2, 0) is 0 Å². The second-order valence-corrected chi connectivity index (χ2v) is 9.48. The molecular formula is C30H32N2O2S. The first-order chi connectivity index (χ1) is 17.0. The topological polar surface area (TPSA) is 52.6 Å². The molecule has 1 heterocycles. The number of nitrogens with one attached hydrogen (secondary N) is 1. The molecule has 4 nitrogen and oxygen atoms in total. The van der Waals surface area contributed by atoms with Gasteiger partial charge in [-0.05, 0) is 72.1 Å². The van der Waals surface area contributed by atoms with E-state index in [0.717, 1.165) is 57.5 Å². The quantitative estimate of drug-likeness (QED) is 0.325. The van der Waals surface area contributed by atoms with Gasteiger partial charge < -0.3 is 15.3 Å². The van der Waals surface area contributed by atoms with Crippen LogP contribution in [0.5, 0.6) is 0 Å². The van der Waals surface area contributed by atoms with Crippen molar-refractivity contribution in [2.75, 3.05) is 31.1 Å². The lowest BCUT2D eigenvalue weighted by Gasteiger charge is -2.21. The van der Waals surface area contributed by atoms with Gasteiger partial charge in [0.2, 0.25) is 0 Å². The van der Waals surface area contributed by atoms with Crippen LogP contribution < -0.4 is 20.7 Å². The molecule has 4 aromatic rings. The minimum Gasteiger partial charge on any atom is -0.478 e. The molecule has 1 aromatic heterocycles. The first-order valence-electron chi connectivity index (χ1n) is 12.2. The van der Waals surface area contributed by atoms with Gasteiger partial charge in [-0.15, -0.1) is 11.3 Å². The fourth-order valence-corrected chi connectivity index (χ4v) is 5.48. The van der Waals surface area contributed by atoms with E-state index >= 15 is 0 Å². The van der Waals surface area contributed by atoms with E-state index in [1.54, 1.807) is 23.5 Å². The predicted molar refractivity (Wildman–Crippen MR) is 149 cm³/mol. The summed E-state index contributed by atoms with van der Waals surface area (Å²) in [4.78, 5) is 14.9. The van der Waals surface area contributed by atoms with E-state index in [-0.39, 0.29) is 0 Å². The fourth-order valence-electron chi connectivity index (χ4n) is 4.29. The zero-order chi connectivity index (χ0) is 24.8. The van der Waals surface area contributed by atoms with Crippen LogP contribution in [0.1, 0.15) is 41.6 Å². The van der Waals surface area contributed by atoms with Crippen LogP contribution in [-0.4, -0.2) is 37.3 Å². The second kappa shape index (κ2) is 11.3. The van der Waals surface area contributed by atoms with Crippen LogP contribution in [0.25, 0.3) is 21.7 Å². The summed E-state index contributed by atoms with van der Waals surface area (Å²) in [7, 11) is 0. The third-order valence-electron chi connectivity index (χ3n) is 6.23. The lowest BCUT2D eigenvalue weighted by atomic mass is 10.00. The number of aromatic carboxylic acids is 1. The van der Waals surface area contributed by atoms with Gasteiger partial charge in [0.25, 0.3) is 0 Å². The summed E-state index contributed by atoms with van der Waals surface area (Å²) in [5.41, 5.74) is 3.84. The molecule has 0 atom stereocenters. The molecule has 0 saturated carbocycles. The Morgan fingerprint density at radius 1 is 0.914 bits per heavy atom. The number of carbonyl (C=O) groups is 1. The maximum absolute atomic E-state index is 11.5. The lowest BCUT2D eigenvalue weighted by Crippen LogP contribution is -2.21. The van der Waals surface area contributed by atoms with Gasteiger partial charge in [-0.25, -0.2) is 4.79 Å². The number of benzene rings is 3. The smallest absolute Gasteiger partial charge is 0.335 e. The van der Waals surface area contributed by atoms with Gasteiger partial charge in [0.1, 0.15) is 0 Å². The van der Waals surface area contributed by atoms with Crippen LogP contribution in [0.15, 0.2) is 72.8 Å². The molecule has 0 saturated heterocycles. The molecule has 180 valence electrons. The number of nitrogens with zero attached hydrogens (tertiary/aromatic N) is 1. The summed E-state index contributed by atoms with van der Waals surface area (Å²) in [5, 5.41) is 16.1. The number of carboxylic acids is 1. The van der Waals surface area contributed by atoms with Crippen molar-refractivity contribution in [3.05, 3.63) is 99.2 Å². The average Bonchev–Trinajstić information content (AvgIpc) is 3.29. The van der Waals surface area contributed by atoms with Crippen molar-refractivity contribution in [3.63, 3.8) is 0 Å². The summed E-state index contributed by atoms with van der Waals surface area (Å²) in [6.07, 6.45) is 2.19. The Bertz CT molecular complexity index is 1410. The summed E-state index contributed by atoms with van der Waals surface area (Å²) in [6, 6.07) is 25.0. The Morgan fingerprint density at radius 3 is 2.23 bits per heavy atom. The zero-order valence-electron chi connectivity index (χ0n) is 20.5. The Labute approximate surface area is 210 Å². The summed E-state index contributed by atoms with van der Waals surface area (Å²) < 4.78 is 0.979. The molecule has 0 fully saturated rings. The molecule has 0 bridgehead atoms. The van der Waals surface area contributed by atoms with E-state index in [1.807, 2.05) is 6.07 Å². The van der Waals surface area contributed by atoms with Crippen molar-refractivity contribution in [1.82, 2.24) is 5.32 Å². The minimum absolute atomic E-state index is 0.316. The molecule has 0 spiro atoms. The first-order valence-corrected chi connectivity index (χ1v) is 13.0. The first kappa shape index (κ1) is 24.7. The Morgan fingerprint density at radius 2 is 1.60 bits per heavy atom. The van der Waals surface area contributed by atoms with E-state index in [0.29, 0.717) is 5.56 Å². The summed E-state index contributed by atoms with van der Waals surface area (Å²) >= 11 is 1.64. The molecule has 0 aliphatic rings. The second-order valence-electron chi connectivity index (χ2n) is 8.40. The number of fused-ring (bicyclic) bond motifs is 1. The number of hydrogen-bond donors (Lipinski definition) is 2. The van der Waals surface area contributed by atoms with Crippen molar-refractivity contribution in [3.8, 4) is 0 Å². The average molecular weight is 485 g/mol. The highest BCUT2D eigenvalue weighted by Gasteiger charge is 2.13. The van der Waals surface area contributed by atoms with Gasteiger partial charge in [-0.2, -0.15) is 0 Å². The maximum Gasteiger partial charge on any atom is 0.335 e. The van der Waals surface area contributed by atoms with Crippen molar-refractivity contribution in [2.45, 2.75) is 20.8 Å². The minimum atomic E-state index is -0.901. The van der Waals surface area contributed by atoms with Crippen molar-refractivity contribution in [1.29, 1.82) is 0 Å². The molecule has 5 heteroatoms. The fraction of sp³-hybridized carbons (Fsp3) is 0.233. The predicted octanol–water partition coefficient (Wildman–Crippen LogP) is 5.08. The number of rotatable bonds is 9. The third kappa shape index (κ3) is 5.64. The Hall–Kier alpha value is -3.41. The molecule has 2 N–H and O–H groups in total. The molecule has 35 heavy (non-hydrogen) atoms. The zero-order valence-corrected chi connectivity index (χ0v) is 21.4. The highest BCUT2D eigenvalue weighted by atomic mass is 32.1. The standard InChI is InChI=1S/C30H32N2O2S/c1-4-31-18-17-21-7-9-22(10-8-21)29(23-13-15-26(16-14-23)32(5-2)6-3)28-19-24-11-12-25(30(33)34)20-27(24)35-28/h7-17,19-20,31H,4-6,18H2,1-3H3,(H,33,34). The lowest BCUT2D eigenvalue weighted by molar-refractivity contribution is 0.0697. The number of anilines is 1. The van der Waals surface area contributed by atoms with E-state index in [1.165, 1.54) is 10.9 Å². The van der Waals surface area contributed by atoms with Crippen molar-refractivity contribution < 1.29 is 9.90 Å². The van der Waals surface area contributed by atoms with Crippen LogP contribution >= 0.6 is 11.3 Å². The van der Waals surface area contributed by atoms with Gasteiger partial charge in [-0.1, -0.05) is 55.5 Å². The van der Waals surface area contributed by atoms with Gasteiger partial charge in [-0.3, -0.25) is 0 Å². The van der Waals surface area contributed by atoms with Crippen molar-refractivity contribution >= 4 is 44.7 Å². The summed E-state index contributed by atoms with van der Waals surface area (Å²) in [6.45, 7) is 10.2. The van der Waals surface area contributed by atoms with Crippen LogP contribution in [0.3, 0.4) is 0 Å². The molecule has 0 aliphatic carbocycles. The van der Waals surface area contributed by atoms with Gasteiger partial charge in [0.05, 0.1) is 5.56 Å². The van der Waals surface area contributed by atoms with E-state index in [4.69, 9.17) is 0 Å². The largest absolute Gasteiger partial charge is 0.478 e. The van der Waals surface area contributed by atoms with Crippen molar-refractivity contribution in [2.24, 2.45) is 0 Å². The molecule has 0 radical (unpaired) electrons. The van der Waals surface area contributed by atoms with Crippen LogP contribution in [0.2, 0.25) is 0 Å².